The molecule has 1 saturated heterocycles. The Morgan fingerprint density at radius 1 is 1.71 bits per heavy atom. The molecule has 0 aromatic carbocycles. The maximum atomic E-state index is 11.5. The van der Waals surface area contributed by atoms with E-state index in [-0.39, 0.29) is 17.6 Å². The van der Waals surface area contributed by atoms with E-state index in [4.69, 9.17) is 0 Å². The number of fused-ring (bicyclic) bond motifs is 1. The lowest BCUT2D eigenvalue weighted by atomic mass is 10.2. The van der Waals surface area contributed by atoms with Crippen molar-refractivity contribution in [3.8, 4) is 0 Å². The first kappa shape index (κ1) is 9.05. The van der Waals surface area contributed by atoms with Crippen LogP contribution in [0.25, 0.3) is 0 Å². The minimum atomic E-state index is -0.497. The van der Waals surface area contributed by atoms with Crippen LogP contribution in [0.2, 0.25) is 0 Å². The molecule has 5 heteroatoms. The van der Waals surface area contributed by atoms with Gasteiger partial charge in [-0.25, -0.2) is 4.79 Å². The molecule has 76 valence electrons. The molecular weight excluding hydrogens is 184 g/mol. The van der Waals surface area contributed by atoms with Gasteiger partial charge in [-0.1, -0.05) is 0 Å². The number of amides is 1. The fraction of sp³-hybridized carbons (Fsp3) is 0.556. The molecule has 1 N–H and O–H groups in total. The van der Waals surface area contributed by atoms with Crippen molar-refractivity contribution in [1.82, 2.24) is 10.2 Å². The summed E-state index contributed by atoms with van der Waals surface area (Å²) in [7, 11) is 1.30. The molecule has 1 atom stereocenters. The zero-order valence-corrected chi connectivity index (χ0v) is 7.95. The van der Waals surface area contributed by atoms with E-state index in [1.54, 1.807) is 6.20 Å². The van der Waals surface area contributed by atoms with E-state index < -0.39 is 5.97 Å². The van der Waals surface area contributed by atoms with E-state index in [1.807, 2.05) is 4.90 Å². The molecule has 0 saturated carbocycles. The molecule has 2 aliphatic rings. The van der Waals surface area contributed by atoms with E-state index in [2.05, 4.69) is 10.1 Å². The van der Waals surface area contributed by atoms with Gasteiger partial charge >= 0.3 is 5.97 Å². The lowest BCUT2D eigenvalue weighted by molar-refractivity contribution is -0.139. The zero-order chi connectivity index (χ0) is 10.1. The highest BCUT2D eigenvalue weighted by atomic mass is 16.5. The summed E-state index contributed by atoms with van der Waals surface area (Å²) < 4.78 is 4.54. The second kappa shape index (κ2) is 3.32. The first-order valence-electron chi connectivity index (χ1n) is 4.59. The monoisotopic (exact) mass is 196 g/mol. The van der Waals surface area contributed by atoms with Gasteiger partial charge in [0.2, 0.25) is 5.91 Å². The number of carbonyl (C=O) groups is 2. The van der Waals surface area contributed by atoms with Gasteiger partial charge in [0.1, 0.15) is 11.7 Å². The van der Waals surface area contributed by atoms with Crippen LogP contribution in [-0.2, 0) is 14.3 Å². The van der Waals surface area contributed by atoms with Crippen LogP contribution in [0.3, 0.4) is 0 Å². The lowest BCUT2D eigenvalue weighted by Gasteiger charge is -2.27. The minimum absolute atomic E-state index is 0.0941. The van der Waals surface area contributed by atoms with Crippen molar-refractivity contribution in [1.29, 1.82) is 0 Å². The Labute approximate surface area is 81.7 Å². The lowest BCUT2D eigenvalue weighted by Crippen LogP contribution is -2.47. The van der Waals surface area contributed by atoms with Gasteiger partial charge in [0.25, 0.3) is 0 Å². The Bertz CT molecular complexity index is 311. The molecule has 0 radical (unpaired) electrons. The molecule has 0 aromatic heterocycles. The number of nitrogens with zero attached hydrogens (tertiary/aromatic N) is 1. The normalized spacial score (nSPS) is 25.2. The van der Waals surface area contributed by atoms with Gasteiger partial charge in [0, 0.05) is 12.7 Å². The largest absolute Gasteiger partial charge is 0.464 e. The van der Waals surface area contributed by atoms with Gasteiger partial charge in [0.05, 0.1) is 7.11 Å². The molecular formula is C9H12N2O3. The second-order valence-corrected chi connectivity index (χ2v) is 3.42. The molecule has 0 aliphatic carbocycles. The van der Waals surface area contributed by atoms with Crippen LogP contribution in [0.1, 0.15) is 12.8 Å². The maximum Gasteiger partial charge on any atom is 0.356 e. The smallest absolute Gasteiger partial charge is 0.356 e. The number of ether oxygens (including phenoxy) is 1. The summed E-state index contributed by atoms with van der Waals surface area (Å²) >= 11 is 0. The summed E-state index contributed by atoms with van der Waals surface area (Å²) in [4.78, 5) is 24.6. The Morgan fingerprint density at radius 3 is 3.21 bits per heavy atom. The van der Waals surface area contributed by atoms with Crippen LogP contribution in [0.4, 0.5) is 0 Å². The third-order valence-corrected chi connectivity index (χ3v) is 2.55. The average molecular weight is 196 g/mol. The fourth-order valence-electron chi connectivity index (χ4n) is 1.85. The minimum Gasteiger partial charge on any atom is -0.464 e. The Kier molecular flexibility index (Phi) is 2.15. The Balaban J connectivity index is 2.21. The van der Waals surface area contributed by atoms with E-state index in [0.717, 1.165) is 19.4 Å². The SMILES string of the molecule is COC(=O)C1=CN2CCCC2C(=O)N1. The highest BCUT2D eigenvalue weighted by Crippen LogP contribution is 2.21. The quantitative estimate of drug-likeness (QED) is 0.579. The number of methoxy groups -OCH3 is 1. The van der Waals surface area contributed by atoms with Crippen LogP contribution in [0.15, 0.2) is 11.9 Å². The molecule has 2 heterocycles. The molecule has 0 bridgehead atoms. The number of nitrogens with one attached hydrogen (secondary N) is 1. The van der Waals surface area contributed by atoms with Gasteiger partial charge in [-0.05, 0) is 12.8 Å². The van der Waals surface area contributed by atoms with Crippen LogP contribution in [0.5, 0.6) is 0 Å². The highest BCUT2D eigenvalue weighted by Gasteiger charge is 2.34. The van der Waals surface area contributed by atoms with Crippen LogP contribution >= 0.6 is 0 Å². The van der Waals surface area contributed by atoms with Crippen molar-refractivity contribution in [3.05, 3.63) is 11.9 Å². The summed E-state index contributed by atoms with van der Waals surface area (Å²) in [5, 5.41) is 2.54. The summed E-state index contributed by atoms with van der Waals surface area (Å²) in [6.45, 7) is 0.832. The Morgan fingerprint density at radius 2 is 2.50 bits per heavy atom. The van der Waals surface area contributed by atoms with Crippen LogP contribution in [0, 0.1) is 0 Å². The standard InChI is InChI=1S/C9H12N2O3/c1-14-9(13)6-5-11-4-2-3-7(11)8(12)10-6/h5,7H,2-4H2,1H3,(H,10,12). The van der Waals surface area contributed by atoms with Gasteiger partial charge in [-0.3, -0.25) is 4.79 Å². The van der Waals surface area contributed by atoms with Gasteiger partial charge in [0.15, 0.2) is 0 Å². The third kappa shape index (κ3) is 1.34. The van der Waals surface area contributed by atoms with Gasteiger partial charge in [-0.2, -0.15) is 0 Å². The average Bonchev–Trinajstić information content (AvgIpc) is 2.64. The molecule has 14 heavy (non-hydrogen) atoms. The zero-order valence-electron chi connectivity index (χ0n) is 7.95. The summed E-state index contributed by atoms with van der Waals surface area (Å²) in [6.07, 6.45) is 3.52. The molecule has 2 rings (SSSR count). The molecule has 0 spiro atoms. The predicted octanol–water partition coefficient (Wildman–Crippen LogP) is -0.405. The molecule has 2 aliphatic heterocycles. The number of hydrogen-bond acceptors (Lipinski definition) is 4. The van der Waals surface area contributed by atoms with Crippen molar-refractivity contribution in [2.75, 3.05) is 13.7 Å². The molecule has 0 aromatic rings. The van der Waals surface area contributed by atoms with E-state index >= 15 is 0 Å². The van der Waals surface area contributed by atoms with Gasteiger partial charge < -0.3 is 15.0 Å². The summed E-state index contributed by atoms with van der Waals surface area (Å²) in [5.74, 6) is -0.603. The van der Waals surface area contributed by atoms with Crippen LogP contribution < -0.4 is 5.32 Å². The topological polar surface area (TPSA) is 58.6 Å². The van der Waals surface area contributed by atoms with Crippen molar-refractivity contribution in [3.63, 3.8) is 0 Å². The maximum absolute atomic E-state index is 11.5. The number of carbonyl (C=O) groups excluding carboxylic acids is 2. The molecule has 1 fully saturated rings. The number of rotatable bonds is 1. The van der Waals surface area contributed by atoms with E-state index in [0.29, 0.717) is 0 Å². The first-order valence-corrected chi connectivity index (χ1v) is 4.59. The van der Waals surface area contributed by atoms with Crippen LogP contribution in [-0.4, -0.2) is 36.5 Å². The Hall–Kier alpha value is -1.52. The molecule has 5 nitrogen and oxygen atoms in total. The second-order valence-electron chi connectivity index (χ2n) is 3.42. The van der Waals surface area contributed by atoms with Gasteiger partial charge in [-0.15, -0.1) is 0 Å². The van der Waals surface area contributed by atoms with Crippen molar-refractivity contribution < 1.29 is 14.3 Å². The molecule has 1 amide bonds. The predicted molar refractivity (Wildman–Crippen MR) is 48.0 cm³/mol. The first-order chi connectivity index (χ1) is 6.72. The number of hydrogen-bond donors (Lipinski definition) is 1. The third-order valence-electron chi connectivity index (χ3n) is 2.55. The van der Waals surface area contributed by atoms with E-state index in [9.17, 15) is 9.59 Å². The van der Waals surface area contributed by atoms with Crippen molar-refractivity contribution >= 4 is 11.9 Å². The molecule has 1 unspecified atom stereocenters. The van der Waals surface area contributed by atoms with Crippen molar-refractivity contribution in [2.45, 2.75) is 18.9 Å². The van der Waals surface area contributed by atoms with Crippen molar-refractivity contribution in [2.24, 2.45) is 0 Å². The van der Waals surface area contributed by atoms with E-state index in [1.165, 1.54) is 7.11 Å². The number of esters is 1. The summed E-state index contributed by atoms with van der Waals surface area (Å²) in [5.41, 5.74) is 0.232. The fourth-order valence-corrected chi connectivity index (χ4v) is 1.85. The highest BCUT2D eigenvalue weighted by molar-refractivity contribution is 5.96. The summed E-state index contributed by atoms with van der Waals surface area (Å²) in [6, 6.07) is -0.0941.